The molecule has 1 aromatic heterocycles. The van der Waals surface area contributed by atoms with Gasteiger partial charge in [0, 0.05) is 16.0 Å². The average molecular weight is 250 g/mol. The van der Waals surface area contributed by atoms with Gasteiger partial charge in [0.1, 0.15) is 5.58 Å². The van der Waals surface area contributed by atoms with Crippen molar-refractivity contribution in [1.29, 1.82) is 0 Å². The number of carbonyl (C=O) groups is 1. The topological polar surface area (TPSA) is 42.2 Å². The van der Waals surface area contributed by atoms with Gasteiger partial charge in [0.2, 0.25) is 0 Å². The molecule has 2 rings (SSSR count). The molecule has 0 spiro atoms. The van der Waals surface area contributed by atoms with E-state index in [1.165, 1.54) is 0 Å². The Morgan fingerprint density at radius 1 is 1.47 bits per heavy atom. The molecule has 2 aromatic rings. The molecule has 0 aliphatic heterocycles. The van der Waals surface area contributed by atoms with Crippen molar-refractivity contribution >= 4 is 28.5 Å². The Balaban J connectivity index is 2.32. The van der Waals surface area contributed by atoms with E-state index in [1.54, 1.807) is 0 Å². The van der Waals surface area contributed by atoms with Crippen LogP contribution in [0.2, 0.25) is 0 Å². The number of furan rings is 1. The van der Waals surface area contributed by atoms with Crippen molar-refractivity contribution in [2.75, 3.05) is 6.54 Å². The number of hydrogen-bond donors (Lipinski definition) is 1. The van der Waals surface area contributed by atoms with E-state index in [1.807, 2.05) is 31.2 Å². The van der Waals surface area contributed by atoms with Crippen LogP contribution < -0.4 is 5.32 Å². The minimum Gasteiger partial charge on any atom is -0.451 e. The number of aryl methyl sites for hydroxylation is 1. The molecule has 0 fully saturated rings. The highest BCUT2D eigenvalue weighted by molar-refractivity contribution is 6.29. The van der Waals surface area contributed by atoms with Gasteiger partial charge in [0.15, 0.2) is 5.76 Å². The van der Waals surface area contributed by atoms with Crippen molar-refractivity contribution in [1.82, 2.24) is 5.32 Å². The first-order valence-electron chi connectivity index (χ1n) is 5.19. The second-order valence-electron chi connectivity index (χ2n) is 3.75. The monoisotopic (exact) mass is 249 g/mol. The van der Waals surface area contributed by atoms with Gasteiger partial charge < -0.3 is 9.73 Å². The van der Waals surface area contributed by atoms with Crippen molar-refractivity contribution < 1.29 is 9.21 Å². The molecule has 3 nitrogen and oxygen atoms in total. The van der Waals surface area contributed by atoms with E-state index >= 15 is 0 Å². The summed E-state index contributed by atoms with van der Waals surface area (Å²) in [6.07, 6.45) is 0. The zero-order valence-electron chi connectivity index (χ0n) is 9.42. The zero-order valence-corrected chi connectivity index (χ0v) is 10.2. The molecule has 0 radical (unpaired) electrons. The zero-order chi connectivity index (χ0) is 12.4. The van der Waals surface area contributed by atoms with Gasteiger partial charge in [-0.1, -0.05) is 36.4 Å². The lowest BCUT2D eigenvalue weighted by Gasteiger charge is -2.01. The fraction of sp³-hybridized carbons (Fsp3) is 0.154. The van der Waals surface area contributed by atoms with E-state index in [0.29, 0.717) is 16.4 Å². The van der Waals surface area contributed by atoms with Crippen LogP contribution in [0, 0.1) is 6.92 Å². The summed E-state index contributed by atoms with van der Waals surface area (Å²) in [4.78, 5) is 11.8. The molecule has 0 saturated carbocycles. The van der Waals surface area contributed by atoms with Crippen LogP contribution >= 0.6 is 11.6 Å². The van der Waals surface area contributed by atoms with E-state index in [4.69, 9.17) is 16.0 Å². The predicted octanol–water partition coefficient (Wildman–Crippen LogP) is 3.22. The van der Waals surface area contributed by atoms with E-state index < -0.39 is 0 Å². The maximum atomic E-state index is 11.8. The highest BCUT2D eigenvalue weighted by Crippen LogP contribution is 2.24. The lowest BCUT2D eigenvalue weighted by molar-refractivity contribution is 0.0931. The summed E-state index contributed by atoms with van der Waals surface area (Å²) in [5, 5.41) is 3.96. The molecule has 0 aliphatic carbocycles. The number of benzene rings is 1. The van der Waals surface area contributed by atoms with Crippen molar-refractivity contribution in [3.8, 4) is 0 Å². The minimum atomic E-state index is -0.277. The van der Waals surface area contributed by atoms with Crippen molar-refractivity contribution in [2.24, 2.45) is 0 Å². The Morgan fingerprint density at radius 3 is 2.82 bits per heavy atom. The first-order valence-corrected chi connectivity index (χ1v) is 5.57. The van der Waals surface area contributed by atoms with Crippen LogP contribution in [0.15, 0.2) is 40.3 Å². The molecule has 17 heavy (non-hydrogen) atoms. The minimum absolute atomic E-state index is 0.233. The van der Waals surface area contributed by atoms with Crippen LogP contribution in [0.1, 0.15) is 16.1 Å². The second-order valence-corrected chi connectivity index (χ2v) is 4.29. The van der Waals surface area contributed by atoms with Crippen LogP contribution in [-0.2, 0) is 0 Å². The summed E-state index contributed by atoms with van der Waals surface area (Å²) in [6.45, 7) is 5.60. The van der Waals surface area contributed by atoms with Gasteiger partial charge in [-0.05, 0) is 13.0 Å². The summed E-state index contributed by atoms with van der Waals surface area (Å²) >= 11 is 5.59. The molecule has 1 N–H and O–H groups in total. The number of halogens is 1. The SMILES string of the molecule is C=C(Cl)CNC(=O)c1oc2ccccc2c1C. The third kappa shape index (κ3) is 2.34. The van der Waals surface area contributed by atoms with Crippen LogP contribution in [-0.4, -0.2) is 12.5 Å². The molecule has 88 valence electrons. The average Bonchev–Trinajstić information content (AvgIpc) is 2.64. The predicted molar refractivity (Wildman–Crippen MR) is 68.3 cm³/mol. The Hall–Kier alpha value is -1.74. The van der Waals surface area contributed by atoms with Crippen molar-refractivity contribution in [2.45, 2.75) is 6.92 Å². The Morgan fingerprint density at radius 2 is 2.18 bits per heavy atom. The number of rotatable bonds is 3. The molecule has 0 atom stereocenters. The second kappa shape index (κ2) is 4.63. The van der Waals surface area contributed by atoms with Crippen LogP contribution in [0.25, 0.3) is 11.0 Å². The van der Waals surface area contributed by atoms with Gasteiger partial charge >= 0.3 is 0 Å². The van der Waals surface area contributed by atoms with Gasteiger partial charge in [-0.25, -0.2) is 0 Å². The maximum absolute atomic E-state index is 11.8. The smallest absolute Gasteiger partial charge is 0.287 e. The summed E-state index contributed by atoms with van der Waals surface area (Å²) in [7, 11) is 0. The lowest BCUT2D eigenvalue weighted by atomic mass is 10.1. The summed E-state index contributed by atoms with van der Waals surface area (Å²) in [6, 6.07) is 7.53. The van der Waals surface area contributed by atoms with Gasteiger partial charge in [-0.2, -0.15) is 0 Å². The quantitative estimate of drug-likeness (QED) is 0.908. The molecule has 1 amide bonds. The first-order chi connectivity index (χ1) is 8.09. The van der Waals surface area contributed by atoms with E-state index in [9.17, 15) is 4.79 Å². The Labute approximate surface area is 104 Å². The number of fused-ring (bicyclic) bond motifs is 1. The number of para-hydroxylation sites is 1. The molecule has 1 heterocycles. The fourth-order valence-electron chi connectivity index (χ4n) is 1.65. The van der Waals surface area contributed by atoms with Crippen LogP contribution in [0.4, 0.5) is 0 Å². The molecule has 0 aliphatic rings. The van der Waals surface area contributed by atoms with Gasteiger partial charge in [0.25, 0.3) is 5.91 Å². The largest absolute Gasteiger partial charge is 0.451 e. The van der Waals surface area contributed by atoms with Gasteiger partial charge in [0.05, 0.1) is 6.54 Å². The molecule has 0 saturated heterocycles. The first kappa shape index (κ1) is 11.7. The summed E-state index contributed by atoms with van der Waals surface area (Å²) in [5.74, 6) is 0.0459. The summed E-state index contributed by atoms with van der Waals surface area (Å²) in [5.41, 5.74) is 1.54. The van der Waals surface area contributed by atoms with Crippen molar-refractivity contribution in [3.63, 3.8) is 0 Å². The molecule has 0 bridgehead atoms. The molecule has 1 aromatic carbocycles. The summed E-state index contributed by atoms with van der Waals surface area (Å²) < 4.78 is 5.51. The highest BCUT2D eigenvalue weighted by Gasteiger charge is 2.16. The van der Waals surface area contributed by atoms with Gasteiger partial charge in [-0.3, -0.25) is 4.79 Å². The third-order valence-corrected chi connectivity index (χ3v) is 2.62. The van der Waals surface area contributed by atoms with Gasteiger partial charge in [-0.15, -0.1) is 0 Å². The van der Waals surface area contributed by atoms with E-state index in [0.717, 1.165) is 10.9 Å². The fourth-order valence-corrected chi connectivity index (χ4v) is 1.71. The van der Waals surface area contributed by atoms with Crippen molar-refractivity contribution in [3.05, 3.63) is 47.2 Å². The Bertz CT molecular complexity index is 586. The molecule has 0 unspecified atom stereocenters. The van der Waals surface area contributed by atoms with Crippen LogP contribution in [0.3, 0.4) is 0 Å². The number of amides is 1. The van der Waals surface area contributed by atoms with Crippen LogP contribution in [0.5, 0.6) is 0 Å². The molecular weight excluding hydrogens is 238 g/mol. The number of carbonyl (C=O) groups excluding carboxylic acids is 1. The maximum Gasteiger partial charge on any atom is 0.287 e. The number of nitrogens with one attached hydrogen (secondary N) is 1. The van der Waals surface area contributed by atoms with E-state index in [2.05, 4.69) is 11.9 Å². The standard InChI is InChI=1S/C13H12ClNO2/c1-8(14)7-15-13(16)12-9(2)10-5-3-4-6-11(10)17-12/h3-6H,1,7H2,2H3,(H,15,16). The lowest BCUT2D eigenvalue weighted by Crippen LogP contribution is -2.24. The Kier molecular flexibility index (Phi) is 3.20. The molecular formula is C13H12ClNO2. The molecule has 4 heteroatoms. The normalized spacial score (nSPS) is 10.5. The highest BCUT2D eigenvalue weighted by atomic mass is 35.5. The number of hydrogen-bond acceptors (Lipinski definition) is 2. The van der Waals surface area contributed by atoms with E-state index in [-0.39, 0.29) is 12.5 Å². The third-order valence-electron chi connectivity index (χ3n) is 2.49.